The Kier molecular flexibility index (Phi) is 22.4. The lowest BCUT2D eigenvalue weighted by Gasteiger charge is -2.26. The van der Waals surface area contributed by atoms with Crippen LogP contribution in [-0.2, 0) is 42.7 Å². The molecule has 1 fully saturated rings. The normalized spacial score (nSPS) is 18.3. The number of aromatic nitrogens is 2. The van der Waals surface area contributed by atoms with Crippen LogP contribution in [0.2, 0.25) is 0 Å². The van der Waals surface area contributed by atoms with Crippen LogP contribution in [0.25, 0.3) is 0 Å². The second-order valence-electron chi connectivity index (χ2n) is 19.8. The van der Waals surface area contributed by atoms with Gasteiger partial charge >= 0.3 is 36.0 Å². The van der Waals surface area contributed by atoms with Gasteiger partial charge in [-0.05, 0) is 96.4 Å². The Balaban J connectivity index is 2.41. The number of ether oxygens (including phenoxy) is 7. The molecule has 4 amide bonds. The summed E-state index contributed by atoms with van der Waals surface area (Å²) < 4.78 is 54.4. The van der Waals surface area contributed by atoms with E-state index >= 15 is 4.39 Å². The summed E-state index contributed by atoms with van der Waals surface area (Å²) in [4.78, 5) is 102. The van der Waals surface area contributed by atoms with Crippen LogP contribution in [0.3, 0.4) is 0 Å². The smallest absolute Gasteiger partial charge is 0.437 e. The lowest BCUT2D eigenvalue weighted by Crippen LogP contribution is -2.48. The largest absolute Gasteiger partial charge is 0.457 e. The minimum Gasteiger partial charge on any atom is -0.457 e. The van der Waals surface area contributed by atoms with E-state index in [0.29, 0.717) is 12.6 Å². The first-order valence-corrected chi connectivity index (χ1v) is 22.6. The molecule has 1 aromatic rings. The maximum atomic E-state index is 15.5. The van der Waals surface area contributed by atoms with Crippen molar-refractivity contribution in [3.8, 4) is 0 Å². The number of rotatable bonds is 17. The summed E-state index contributed by atoms with van der Waals surface area (Å²) in [5, 5.41) is 22.8. The number of guanidine groups is 2. The standard InChI is InChI=1S/C44H72FN9O15/c1-15-16-17-22-63-36(58)49-31-28(45)24-54(35(57)48-31)32-30(65-29(56)19-21-47-34(52-39(61)68-43(9,10)11)53-40(62)69-44(12,13)14)27(25(2)64-32)23-26(55)18-20-46-33(50-37(59)66-41(3,4)5)51-38(60)67-42(6,7)8/h24-25,27,30,32,39,61H,15-23H2,1-14H3,(H2,47,52,53,62)(H,48,49,57,58)(H2,46,50,51,59,60)/t25-,27-,30-,32-,39?/m1/s1. The summed E-state index contributed by atoms with van der Waals surface area (Å²) in [5.41, 5.74) is -4.69. The number of hydrogen-bond acceptors (Lipinski definition) is 16. The zero-order valence-corrected chi connectivity index (χ0v) is 42.2. The number of amides is 4. The predicted molar refractivity (Wildman–Crippen MR) is 247 cm³/mol. The van der Waals surface area contributed by atoms with Crippen LogP contribution in [0.5, 0.6) is 0 Å². The maximum Gasteiger partial charge on any atom is 0.437 e. The molecule has 5 atom stereocenters. The fourth-order valence-corrected chi connectivity index (χ4v) is 5.94. The molecule has 25 heteroatoms. The van der Waals surface area contributed by atoms with E-state index in [1.807, 2.05) is 6.92 Å². The number of nitrogens with zero attached hydrogens (tertiary/aromatic N) is 4. The van der Waals surface area contributed by atoms with Gasteiger partial charge in [-0.2, -0.15) is 4.98 Å². The Morgan fingerprint density at radius 3 is 1.96 bits per heavy atom. The predicted octanol–water partition coefficient (Wildman–Crippen LogP) is 5.27. The first-order chi connectivity index (χ1) is 31.7. The van der Waals surface area contributed by atoms with E-state index in [1.54, 1.807) is 90.0 Å². The highest BCUT2D eigenvalue weighted by molar-refractivity contribution is 5.99. The van der Waals surface area contributed by atoms with Gasteiger partial charge in [-0.25, -0.2) is 28.4 Å². The lowest BCUT2D eigenvalue weighted by atomic mass is 9.91. The number of ketones is 1. The number of alkyl carbamates (subject to hydrolysis) is 1. The summed E-state index contributed by atoms with van der Waals surface area (Å²) in [6.07, 6.45) is -7.70. The van der Waals surface area contributed by atoms with Crippen molar-refractivity contribution in [2.75, 3.05) is 25.0 Å². The fourth-order valence-electron chi connectivity index (χ4n) is 5.94. The molecule has 390 valence electrons. The second-order valence-corrected chi connectivity index (χ2v) is 19.8. The number of Topliss-reactive ketones (excluding diaryl/α,β-unsaturated/α-hetero) is 1. The van der Waals surface area contributed by atoms with Gasteiger partial charge in [-0.3, -0.25) is 24.8 Å². The van der Waals surface area contributed by atoms with E-state index in [1.165, 1.54) is 0 Å². The minimum absolute atomic E-state index is 0.0522. The third kappa shape index (κ3) is 24.3. The Labute approximate surface area is 401 Å². The van der Waals surface area contributed by atoms with Crippen LogP contribution in [0.4, 0.5) is 29.4 Å². The topological polar surface area (TPSA) is 307 Å². The molecule has 1 aromatic heterocycles. The van der Waals surface area contributed by atoms with Gasteiger partial charge in [0.25, 0.3) is 0 Å². The molecular formula is C44H72FN9O15. The first kappa shape index (κ1) is 59.2. The average Bonchev–Trinajstić information content (AvgIpc) is 3.44. The molecule has 1 unspecified atom stereocenters. The minimum atomic E-state index is -1.66. The van der Waals surface area contributed by atoms with E-state index in [0.717, 1.165) is 17.4 Å². The highest BCUT2D eigenvalue weighted by atomic mass is 19.1. The number of aliphatic hydroxyl groups excluding tert-OH is 1. The van der Waals surface area contributed by atoms with Crippen molar-refractivity contribution in [1.82, 2.24) is 30.8 Å². The monoisotopic (exact) mass is 986 g/mol. The van der Waals surface area contributed by atoms with E-state index in [-0.39, 0.29) is 44.5 Å². The van der Waals surface area contributed by atoms with E-state index in [4.69, 9.17) is 33.2 Å². The number of halogens is 1. The number of esters is 1. The molecule has 2 rings (SSSR count). The fraction of sp³-hybridized carbons (Fsp3) is 0.727. The number of nitrogens with one attached hydrogen (secondary N) is 5. The Morgan fingerprint density at radius 2 is 1.39 bits per heavy atom. The summed E-state index contributed by atoms with van der Waals surface area (Å²) >= 11 is 0. The van der Waals surface area contributed by atoms with Crippen molar-refractivity contribution < 1.29 is 71.4 Å². The van der Waals surface area contributed by atoms with Crippen molar-refractivity contribution in [3.05, 3.63) is 22.5 Å². The second kappa shape index (κ2) is 26.1. The molecule has 24 nitrogen and oxygen atoms in total. The van der Waals surface area contributed by atoms with Crippen molar-refractivity contribution >= 4 is 53.9 Å². The third-order valence-electron chi connectivity index (χ3n) is 8.63. The van der Waals surface area contributed by atoms with Gasteiger partial charge in [0, 0.05) is 31.8 Å². The number of hydrogen-bond donors (Lipinski definition) is 6. The van der Waals surface area contributed by atoms with Crippen LogP contribution in [0, 0.1) is 11.7 Å². The van der Waals surface area contributed by atoms with Gasteiger partial charge in [-0.1, -0.05) is 19.8 Å². The van der Waals surface area contributed by atoms with Crippen LogP contribution < -0.4 is 32.3 Å². The third-order valence-corrected chi connectivity index (χ3v) is 8.63. The molecule has 6 N–H and O–H groups in total. The maximum absolute atomic E-state index is 15.5. The zero-order chi connectivity index (χ0) is 52.5. The Morgan fingerprint density at radius 1 is 0.826 bits per heavy atom. The summed E-state index contributed by atoms with van der Waals surface area (Å²) in [5.74, 6) is -4.91. The molecular weight excluding hydrogens is 914 g/mol. The Bertz CT molecular complexity index is 2050. The highest BCUT2D eigenvalue weighted by Gasteiger charge is 2.47. The number of aliphatic hydroxyl groups is 1. The van der Waals surface area contributed by atoms with Gasteiger partial charge < -0.3 is 54.2 Å². The highest BCUT2D eigenvalue weighted by Crippen LogP contribution is 2.38. The molecule has 69 heavy (non-hydrogen) atoms. The lowest BCUT2D eigenvalue weighted by molar-refractivity contribution is -0.172. The van der Waals surface area contributed by atoms with Crippen molar-refractivity contribution in [1.29, 1.82) is 0 Å². The SMILES string of the molecule is CCCCCOC(=O)Nc1nc(=O)n([C@@H]2O[C@H](C)[C@@H](CC(=O)CCN/C(=N/C(=O)OC(C)(C)C)NC(=O)OC(C)(C)C)[C@H]2OC(=O)CCN/C(=N/C(=O)OC(C)(C)C)NC(O)OC(C)(C)C)cc1F. The molecule has 2 heterocycles. The van der Waals surface area contributed by atoms with Crippen molar-refractivity contribution in [2.45, 2.75) is 183 Å². The van der Waals surface area contributed by atoms with Gasteiger partial charge in [0.2, 0.25) is 18.3 Å². The van der Waals surface area contributed by atoms with Crippen LogP contribution in [-0.4, -0.2) is 123 Å². The van der Waals surface area contributed by atoms with Crippen molar-refractivity contribution in [3.63, 3.8) is 0 Å². The van der Waals surface area contributed by atoms with E-state index in [2.05, 4.69) is 41.6 Å². The molecule has 0 bridgehead atoms. The summed E-state index contributed by atoms with van der Waals surface area (Å²) in [6, 6.07) is 0. The number of carbonyl (C=O) groups is 6. The number of carbonyl (C=O) groups excluding carboxylic acids is 6. The summed E-state index contributed by atoms with van der Waals surface area (Å²) in [6.45, 7) is 22.7. The van der Waals surface area contributed by atoms with Crippen LogP contribution in [0.15, 0.2) is 21.0 Å². The molecule has 0 spiro atoms. The van der Waals surface area contributed by atoms with Gasteiger partial charge in [0.05, 0.1) is 30.9 Å². The Hall–Kier alpha value is -5.95. The molecule has 0 radical (unpaired) electrons. The molecule has 0 aliphatic carbocycles. The van der Waals surface area contributed by atoms with E-state index < -0.39 is 113 Å². The number of aliphatic imine (C=N–C) groups is 2. The molecule has 1 saturated heterocycles. The van der Waals surface area contributed by atoms with E-state index in [9.17, 15) is 38.7 Å². The molecule has 0 saturated carbocycles. The van der Waals surface area contributed by atoms with Crippen LogP contribution >= 0.6 is 0 Å². The van der Waals surface area contributed by atoms with Gasteiger partial charge in [0.15, 0.2) is 24.0 Å². The number of unbranched alkanes of at least 4 members (excludes halogenated alkanes) is 2. The first-order valence-electron chi connectivity index (χ1n) is 22.6. The number of anilines is 1. The zero-order valence-electron chi connectivity index (χ0n) is 42.2. The molecule has 0 aromatic carbocycles. The van der Waals surface area contributed by atoms with Gasteiger partial charge in [-0.15, -0.1) is 9.98 Å². The van der Waals surface area contributed by atoms with Crippen LogP contribution in [0.1, 0.15) is 142 Å². The quantitative estimate of drug-likeness (QED) is 0.0289. The van der Waals surface area contributed by atoms with Crippen molar-refractivity contribution in [2.24, 2.45) is 15.9 Å². The molecule has 1 aliphatic heterocycles. The van der Waals surface area contributed by atoms with Gasteiger partial charge in [0.1, 0.15) is 22.6 Å². The average molecular weight is 986 g/mol. The summed E-state index contributed by atoms with van der Waals surface area (Å²) in [7, 11) is 0. The molecule has 1 aliphatic rings.